The Morgan fingerprint density at radius 2 is 1.96 bits per heavy atom. The van der Waals surface area contributed by atoms with Crippen molar-refractivity contribution in [3.63, 3.8) is 0 Å². The van der Waals surface area contributed by atoms with Crippen LogP contribution in [0.15, 0.2) is 18.2 Å². The van der Waals surface area contributed by atoms with Crippen molar-refractivity contribution in [3.8, 4) is 17.0 Å². The second-order valence-corrected chi connectivity index (χ2v) is 7.41. The van der Waals surface area contributed by atoms with Gasteiger partial charge in [-0.15, -0.1) is 10.2 Å². The number of aromatic hydroxyl groups is 1. The molecular formula is C18H22N4O2. The van der Waals surface area contributed by atoms with Crippen LogP contribution in [-0.2, 0) is 0 Å². The summed E-state index contributed by atoms with van der Waals surface area (Å²) < 4.78 is 0. The van der Waals surface area contributed by atoms with E-state index >= 15 is 0 Å². The third-order valence-corrected chi connectivity index (χ3v) is 4.79. The molecular weight excluding hydrogens is 304 g/mol. The maximum absolute atomic E-state index is 10.3. The van der Waals surface area contributed by atoms with Gasteiger partial charge in [0, 0.05) is 17.5 Å². The van der Waals surface area contributed by atoms with Crippen molar-refractivity contribution < 1.29 is 10.2 Å². The number of aliphatic hydroxyl groups is 1. The predicted octanol–water partition coefficient (Wildman–Crippen LogP) is 2.76. The minimum atomic E-state index is -0.585. The summed E-state index contributed by atoms with van der Waals surface area (Å²) in [6.45, 7) is 3.78. The third kappa shape index (κ3) is 2.94. The number of phenols is 1. The number of hydrogen-bond acceptors (Lipinski definition) is 6. The van der Waals surface area contributed by atoms with Crippen LogP contribution in [0.4, 0.5) is 5.95 Å². The van der Waals surface area contributed by atoms with Gasteiger partial charge in [0.05, 0.1) is 11.3 Å². The monoisotopic (exact) mass is 326 g/mol. The quantitative estimate of drug-likeness (QED) is 0.800. The SMILES string of the molecule is Cc1ccc(-c2nnc(N[C@H]3C[C@@](C)(O)C3)nc2C2CC2)c(O)c1. The molecule has 2 saturated carbocycles. The van der Waals surface area contributed by atoms with E-state index in [0.29, 0.717) is 36.0 Å². The number of nitrogens with one attached hydrogen (secondary N) is 1. The molecule has 0 radical (unpaired) electrons. The summed E-state index contributed by atoms with van der Waals surface area (Å²) in [7, 11) is 0. The Labute approximate surface area is 141 Å². The molecule has 3 N–H and O–H groups in total. The van der Waals surface area contributed by atoms with E-state index < -0.39 is 5.60 Å². The molecule has 0 atom stereocenters. The fourth-order valence-electron chi connectivity index (χ4n) is 3.36. The number of aryl methyl sites for hydroxylation is 1. The lowest BCUT2D eigenvalue weighted by Crippen LogP contribution is -2.48. The van der Waals surface area contributed by atoms with Crippen molar-refractivity contribution >= 4 is 5.95 Å². The summed E-state index contributed by atoms with van der Waals surface area (Å²) >= 11 is 0. The second-order valence-electron chi connectivity index (χ2n) is 7.41. The first-order valence-electron chi connectivity index (χ1n) is 8.45. The number of hydrogen-bond donors (Lipinski definition) is 3. The summed E-state index contributed by atoms with van der Waals surface area (Å²) in [5.74, 6) is 1.11. The Hall–Kier alpha value is -2.21. The van der Waals surface area contributed by atoms with Gasteiger partial charge in [0.1, 0.15) is 11.4 Å². The standard InChI is InChI=1S/C18H22N4O2/c1-10-3-6-13(14(23)7-10)16-15(11-4-5-11)20-17(22-21-16)19-12-8-18(2,24)9-12/h3,6-7,11-12,23-24H,4-5,8-9H2,1-2H3,(H,19,20,22)/t12-,18+. The maximum Gasteiger partial charge on any atom is 0.243 e. The Bertz CT molecular complexity index is 779. The zero-order chi connectivity index (χ0) is 16.9. The van der Waals surface area contributed by atoms with Crippen molar-refractivity contribution in [1.29, 1.82) is 0 Å². The van der Waals surface area contributed by atoms with Crippen molar-refractivity contribution in [2.45, 2.75) is 57.1 Å². The Balaban J connectivity index is 1.63. The lowest BCUT2D eigenvalue weighted by atomic mass is 9.77. The van der Waals surface area contributed by atoms with E-state index in [2.05, 4.69) is 20.5 Å². The third-order valence-electron chi connectivity index (χ3n) is 4.79. The first-order valence-corrected chi connectivity index (χ1v) is 8.45. The summed E-state index contributed by atoms with van der Waals surface area (Å²) in [5, 5.41) is 31.9. The van der Waals surface area contributed by atoms with Gasteiger partial charge in [-0.2, -0.15) is 0 Å². The molecule has 6 heteroatoms. The summed E-state index contributed by atoms with van der Waals surface area (Å²) in [4.78, 5) is 4.67. The van der Waals surface area contributed by atoms with Crippen LogP contribution in [0, 0.1) is 6.92 Å². The number of anilines is 1. The van der Waals surface area contributed by atoms with E-state index in [4.69, 9.17) is 0 Å². The zero-order valence-corrected chi connectivity index (χ0v) is 14.0. The molecule has 0 unspecified atom stereocenters. The van der Waals surface area contributed by atoms with Crippen molar-refractivity contribution in [3.05, 3.63) is 29.5 Å². The van der Waals surface area contributed by atoms with E-state index in [1.165, 1.54) is 0 Å². The molecule has 2 aliphatic carbocycles. The van der Waals surface area contributed by atoms with Crippen molar-refractivity contribution in [2.75, 3.05) is 5.32 Å². The van der Waals surface area contributed by atoms with Gasteiger partial charge in [0.2, 0.25) is 5.95 Å². The molecule has 1 aromatic carbocycles. The van der Waals surface area contributed by atoms with Crippen LogP contribution >= 0.6 is 0 Å². The van der Waals surface area contributed by atoms with E-state index in [0.717, 1.165) is 24.1 Å². The van der Waals surface area contributed by atoms with Gasteiger partial charge in [0.25, 0.3) is 0 Å². The van der Waals surface area contributed by atoms with Gasteiger partial charge >= 0.3 is 0 Å². The van der Waals surface area contributed by atoms with E-state index in [1.807, 2.05) is 26.0 Å². The van der Waals surface area contributed by atoms with E-state index in [1.54, 1.807) is 6.07 Å². The molecule has 1 aromatic heterocycles. The molecule has 4 rings (SSSR count). The number of nitrogens with zero attached hydrogens (tertiary/aromatic N) is 3. The van der Waals surface area contributed by atoms with Crippen LogP contribution in [-0.4, -0.2) is 37.0 Å². The predicted molar refractivity (Wildman–Crippen MR) is 90.9 cm³/mol. The molecule has 24 heavy (non-hydrogen) atoms. The fourth-order valence-corrected chi connectivity index (χ4v) is 3.36. The first-order chi connectivity index (χ1) is 11.4. The maximum atomic E-state index is 10.3. The molecule has 0 amide bonds. The summed E-state index contributed by atoms with van der Waals surface area (Å²) in [5.41, 5.74) is 2.66. The highest BCUT2D eigenvalue weighted by Gasteiger charge is 2.39. The van der Waals surface area contributed by atoms with Crippen LogP contribution in [0.2, 0.25) is 0 Å². The number of phenolic OH excluding ortho intramolecular Hbond substituents is 1. The van der Waals surface area contributed by atoms with Gasteiger partial charge in [-0.25, -0.2) is 4.98 Å². The molecule has 2 aliphatic rings. The molecule has 6 nitrogen and oxygen atoms in total. The van der Waals surface area contributed by atoms with Crippen LogP contribution in [0.1, 0.15) is 49.8 Å². The molecule has 1 heterocycles. The van der Waals surface area contributed by atoms with E-state index in [-0.39, 0.29) is 11.8 Å². The normalized spacial score (nSPS) is 26.0. The van der Waals surface area contributed by atoms with Crippen LogP contribution in [0.5, 0.6) is 5.75 Å². The lowest BCUT2D eigenvalue weighted by molar-refractivity contribution is -0.0236. The molecule has 2 aromatic rings. The topological polar surface area (TPSA) is 91.2 Å². The van der Waals surface area contributed by atoms with Crippen LogP contribution < -0.4 is 5.32 Å². The highest BCUT2D eigenvalue weighted by Crippen LogP contribution is 2.44. The number of benzene rings is 1. The molecule has 0 spiro atoms. The van der Waals surface area contributed by atoms with Crippen molar-refractivity contribution in [1.82, 2.24) is 15.2 Å². The largest absolute Gasteiger partial charge is 0.507 e. The summed E-state index contributed by atoms with van der Waals surface area (Å²) in [6.07, 6.45) is 3.57. The van der Waals surface area contributed by atoms with Crippen LogP contribution in [0.25, 0.3) is 11.3 Å². The Kier molecular flexibility index (Phi) is 3.46. The Morgan fingerprint density at radius 3 is 2.58 bits per heavy atom. The van der Waals surface area contributed by atoms with Gasteiger partial charge in [-0.3, -0.25) is 0 Å². The number of rotatable bonds is 4. The molecule has 0 saturated heterocycles. The minimum Gasteiger partial charge on any atom is -0.507 e. The Morgan fingerprint density at radius 1 is 1.21 bits per heavy atom. The smallest absolute Gasteiger partial charge is 0.243 e. The molecule has 0 bridgehead atoms. The second kappa shape index (κ2) is 5.41. The minimum absolute atomic E-state index is 0.187. The highest BCUT2D eigenvalue weighted by atomic mass is 16.3. The molecule has 0 aliphatic heterocycles. The van der Waals surface area contributed by atoms with Gasteiger partial charge in [-0.1, -0.05) is 6.07 Å². The fraction of sp³-hybridized carbons (Fsp3) is 0.500. The van der Waals surface area contributed by atoms with Gasteiger partial charge in [-0.05, 0) is 57.2 Å². The van der Waals surface area contributed by atoms with E-state index in [9.17, 15) is 10.2 Å². The molecule has 126 valence electrons. The lowest BCUT2D eigenvalue weighted by Gasteiger charge is -2.41. The van der Waals surface area contributed by atoms with Gasteiger partial charge < -0.3 is 15.5 Å². The highest BCUT2D eigenvalue weighted by molar-refractivity contribution is 5.70. The average molecular weight is 326 g/mol. The van der Waals surface area contributed by atoms with Crippen LogP contribution in [0.3, 0.4) is 0 Å². The van der Waals surface area contributed by atoms with Gasteiger partial charge in [0.15, 0.2) is 0 Å². The number of aromatic nitrogens is 3. The first kappa shape index (κ1) is 15.3. The van der Waals surface area contributed by atoms with Crippen molar-refractivity contribution in [2.24, 2.45) is 0 Å². The zero-order valence-electron chi connectivity index (χ0n) is 14.0. The molecule has 2 fully saturated rings. The summed E-state index contributed by atoms with van der Waals surface area (Å²) in [6, 6.07) is 5.75. The average Bonchev–Trinajstić information content (AvgIpc) is 3.30.